The Bertz CT molecular complexity index is 916. The second-order valence-electron chi connectivity index (χ2n) is 10.3. The molecule has 0 fully saturated rings. The molecule has 0 aliphatic carbocycles. The van der Waals surface area contributed by atoms with Gasteiger partial charge in [0.25, 0.3) is 0 Å². The first kappa shape index (κ1) is 27.6. The fraction of sp³-hybridized carbons (Fsp3) is 0.533. The van der Waals surface area contributed by atoms with Crippen molar-refractivity contribution in [3.05, 3.63) is 46.5 Å². The molecule has 0 unspecified atom stereocenters. The standard InChI is InChI=1S/C30H44N2O2/c1-17(2)25-13-23(33-11)14-26(18(3)4)29(25)31-21(9)22(10)32-30-27(19(5)6)15-24(34-12)16-28(30)20(7)8/h13-20H,1-12H3. The minimum absolute atomic E-state index is 0.332. The van der Waals surface area contributed by atoms with E-state index in [-0.39, 0.29) is 0 Å². The van der Waals surface area contributed by atoms with Crippen molar-refractivity contribution >= 4 is 22.8 Å². The third kappa shape index (κ3) is 6.28. The Balaban J connectivity index is 2.73. The van der Waals surface area contributed by atoms with Crippen molar-refractivity contribution in [1.29, 1.82) is 0 Å². The molecule has 0 N–H and O–H groups in total. The smallest absolute Gasteiger partial charge is 0.119 e. The third-order valence-corrected chi connectivity index (χ3v) is 6.33. The van der Waals surface area contributed by atoms with E-state index in [9.17, 15) is 0 Å². The van der Waals surface area contributed by atoms with E-state index < -0.39 is 0 Å². The second kappa shape index (κ2) is 11.7. The Hall–Kier alpha value is -2.62. The first-order chi connectivity index (χ1) is 15.9. The molecule has 0 saturated heterocycles. The highest BCUT2D eigenvalue weighted by molar-refractivity contribution is 6.41. The Morgan fingerprint density at radius 3 is 0.941 bits per heavy atom. The van der Waals surface area contributed by atoms with Crippen molar-refractivity contribution in [3.8, 4) is 11.5 Å². The van der Waals surface area contributed by atoms with Crippen molar-refractivity contribution in [2.75, 3.05) is 14.2 Å². The average Bonchev–Trinajstić information content (AvgIpc) is 2.78. The Kier molecular flexibility index (Phi) is 9.49. The zero-order valence-corrected chi connectivity index (χ0v) is 23.3. The van der Waals surface area contributed by atoms with Gasteiger partial charge in [-0.15, -0.1) is 0 Å². The molecule has 2 aromatic carbocycles. The van der Waals surface area contributed by atoms with Crippen LogP contribution in [-0.2, 0) is 0 Å². The molecule has 186 valence electrons. The summed E-state index contributed by atoms with van der Waals surface area (Å²) in [6.07, 6.45) is 0. The molecule has 0 aromatic heterocycles. The first-order valence-corrected chi connectivity index (χ1v) is 12.5. The lowest BCUT2D eigenvalue weighted by atomic mass is 9.92. The molecule has 34 heavy (non-hydrogen) atoms. The first-order valence-electron chi connectivity index (χ1n) is 12.5. The van der Waals surface area contributed by atoms with Gasteiger partial charge in [-0.05, 0) is 84.0 Å². The van der Waals surface area contributed by atoms with E-state index in [1.807, 2.05) is 0 Å². The number of ether oxygens (including phenoxy) is 2. The summed E-state index contributed by atoms with van der Waals surface area (Å²) in [6, 6.07) is 8.47. The zero-order valence-electron chi connectivity index (χ0n) is 23.3. The van der Waals surface area contributed by atoms with Gasteiger partial charge in [0, 0.05) is 0 Å². The van der Waals surface area contributed by atoms with Crippen LogP contribution in [0.3, 0.4) is 0 Å². The summed E-state index contributed by atoms with van der Waals surface area (Å²) < 4.78 is 11.2. The molecule has 0 heterocycles. The third-order valence-electron chi connectivity index (χ3n) is 6.33. The molecule has 0 radical (unpaired) electrons. The van der Waals surface area contributed by atoms with Crippen LogP contribution in [0.4, 0.5) is 11.4 Å². The van der Waals surface area contributed by atoms with Gasteiger partial charge >= 0.3 is 0 Å². The number of nitrogens with zero attached hydrogens (tertiary/aromatic N) is 2. The van der Waals surface area contributed by atoms with Crippen LogP contribution in [-0.4, -0.2) is 25.6 Å². The summed E-state index contributed by atoms with van der Waals surface area (Å²) in [5.74, 6) is 3.10. The number of benzene rings is 2. The van der Waals surface area contributed by atoms with Crippen LogP contribution in [0, 0.1) is 0 Å². The largest absolute Gasteiger partial charge is 0.497 e. The highest BCUT2D eigenvalue weighted by atomic mass is 16.5. The van der Waals surface area contributed by atoms with Crippen molar-refractivity contribution < 1.29 is 9.47 Å². The van der Waals surface area contributed by atoms with E-state index in [1.54, 1.807) is 14.2 Å². The Labute approximate surface area is 207 Å². The lowest BCUT2D eigenvalue weighted by molar-refractivity contribution is 0.413. The highest BCUT2D eigenvalue weighted by Crippen LogP contribution is 2.40. The van der Waals surface area contributed by atoms with Crippen LogP contribution in [0.1, 0.15) is 115 Å². The zero-order chi connectivity index (χ0) is 25.7. The van der Waals surface area contributed by atoms with Gasteiger partial charge in [-0.1, -0.05) is 55.4 Å². The maximum absolute atomic E-state index is 5.59. The maximum atomic E-state index is 5.59. The van der Waals surface area contributed by atoms with E-state index in [2.05, 4.69) is 93.5 Å². The van der Waals surface area contributed by atoms with Crippen molar-refractivity contribution in [3.63, 3.8) is 0 Å². The highest BCUT2D eigenvalue weighted by Gasteiger charge is 2.19. The van der Waals surface area contributed by atoms with Gasteiger partial charge in [0.15, 0.2) is 0 Å². The molecule has 0 amide bonds. The van der Waals surface area contributed by atoms with Gasteiger partial charge in [0.05, 0.1) is 37.0 Å². The minimum Gasteiger partial charge on any atom is -0.497 e. The summed E-state index contributed by atoms with van der Waals surface area (Å²) in [5, 5.41) is 0. The van der Waals surface area contributed by atoms with Gasteiger partial charge in [-0.2, -0.15) is 0 Å². The topological polar surface area (TPSA) is 43.2 Å². The van der Waals surface area contributed by atoms with Crippen LogP contribution in [0.15, 0.2) is 34.3 Å². The van der Waals surface area contributed by atoms with Crippen LogP contribution < -0.4 is 9.47 Å². The van der Waals surface area contributed by atoms with Crippen LogP contribution in [0.5, 0.6) is 11.5 Å². The fourth-order valence-corrected chi connectivity index (χ4v) is 4.05. The van der Waals surface area contributed by atoms with Crippen LogP contribution >= 0.6 is 0 Å². The summed E-state index contributed by atoms with van der Waals surface area (Å²) >= 11 is 0. The molecule has 0 saturated carbocycles. The number of aliphatic imine (C=N–C) groups is 2. The van der Waals surface area contributed by atoms with Gasteiger partial charge in [0.2, 0.25) is 0 Å². The Morgan fingerprint density at radius 2 is 0.765 bits per heavy atom. The fourth-order valence-electron chi connectivity index (χ4n) is 4.05. The number of hydrogen-bond acceptors (Lipinski definition) is 4. The number of hydrogen-bond donors (Lipinski definition) is 0. The molecule has 0 aliphatic heterocycles. The number of rotatable bonds is 9. The average molecular weight is 465 g/mol. The molecule has 2 rings (SSSR count). The quantitative estimate of drug-likeness (QED) is 0.347. The predicted molar refractivity (Wildman–Crippen MR) is 148 cm³/mol. The normalized spacial score (nSPS) is 12.9. The SMILES string of the molecule is COc1cc(C(C)C)c(N=C(C)C(C)=Nc2c(C(C)C)cc(OC)cc2C(C)C)c(C(C)C)c1. The van der Waals surface area contributed by atoms with E-state index in [0.29, 0.717) is 23.7 Å². The lowest BCUT2D eigenvalue weighted by Crippen LogP contribution is -2.08. The lowest BCUT2D eigenvalue weighted by Gasteiger charge is -2.20. The predicted octanol–water partition coefficient (Wildman–Crippen LogP) is 9.08. The molecule has 2 aromatic rings. The molecule has 4 heteroatoms. The maximum Gasteiger partial charge on any atom is 0.119 e. The molecule has 4 nitrogen and oxygen atoms in total. The van der Waals surface area contributed by atoms with Crippen LogP contribution in [0.25, 0.3) is 0 Å². The van der Waals surface area contributed by atoms with Gasteiger partial charge in [0.1, 0.15) is 11.5 Å². The molecular formula is C30H44N2O2. The van der Waals surface area contributed by atoms with E-state index in [0.717, 1.165) is 34.3 Å². The van der Waals surface area contributed by atoms with Crippen molar-refractivity contribution in [2.24, 2.45) is 9.98 Å². The summed E-state index contributed by atoms with van der Waals surface area (Å²) in [6.45, 7) is 21.8. The Morgan fingerprint density at radius 1 is 0.529 bits per heavy atom. The van der Waals surface area contributed by atoms with Crippen LogP contribution in [0.2, 0.25) is 0 Å². The summed E-state index contributed by atoms with van der Waals surface area (Å²) in [7, 11) is 3.45. The van der Waals surface area contributed by atoms with Gasteiger partial charge in [-0.3, -0.25) is 9.98 Å². The van der Waals surface area contributed by atoms with E-state index in [4.69, 9.17) is 19.5 Å². The second-order valence-corrected chi connectivity index (χ2v) is 10.3. The summed E-state index contributed by atoms with van der Waals surface area (Å²) in [4.78, 5) is 10.3. The van der Waals surface area contributed by atoms with Gasteiger partial charge < -0.3 is 9.47 Å². The minimum atomic E-state index is 0.332. The molecular weight excluding hydrogens is 420 g/mol. The summed E-state index contributed by atoms with van der Waals surface area (Å²) in [5.41, 5.74) is 8.73. The molecule has 0 spiro atoms. The molecule has 0 atom stereocenters. The van der Waals surface area contributed by atoms with E-state index in [1.165, 1.54) is 22.3 Å². The van der Waals surface area contributed by atoms with E-state index >= 15 is 0 Å². The monoisotopic (exact) mass is 464 g/mol. The van der Waals surface area contributed by atoms with Crippen molar-refractivity contribution in [2.45, 2.75) is 92.9 Å². The molecule has 0 aliphatic rings. The van der Waals surface area contributed by atoms with Crippen molar-refractivity contribution in [1.82, 2.24) is 0 Å². The number of methoxy groups -OCH3 is 2. The van der Waals surface area contributed by atoms with Gasteiger partial charge in [-0.25, -0.2) is 0 Å². The molecule has 0 bridgehead atoms.